The minimum Gasteiger partial charge on any atom is -0.483 e. The second-order valence-corrected chi connectivity index (χ2v) is 3.96. The van der Waals surface area contributed by atoms with Gasteiger partial charge in [0.05, 0.1) is 0 Å². The number of nitrogens with one attached hydrogen (secondary N) is 1. The average Bonchev–Trinajstić information content (AvgIpc) is 2.38. The molecule has 2 rings (SSSR count). The highest BCUT2D eigenvalue weighted by Gasteiger charge is 2.14. The molecule has 0 radical (unpaired) electrons. The molecule has 0 aliphatic rings. The fraction of sp³-hybridized carbons (Fsp3) is 0.0714. The first-order valence-electron chi connectivity index (χ1n) is 5.58. The molecule has 3 nitrogen and oxygen atoms in total. The summed E-state index contributed by atoms with van der Waals surface area (Å²) >= 11 is 0. The van der Waals surface area contributed by atoms with Gasteiger partial charge < -0.3 is 10.5 Å². The summed E-state index contributed by atoms with van der Waals surface area (Å²) in [7, 11) is 0. The van der Waals surface area contributed by atoms with E-state index in [-0.39, 0.29) is 12.2 Å². The Hall–Kier alpha value is -2.43. The third kappa shape index (κ3) is 3.07. The highest BCUT2D eigenvalue weighted by atomic mass is 19.1. The average molecular weight is 262 g/mol. The Morgan fingerprint density at radius 3 is 2.21 bits per heavy atom. The smallest absolute Gasteiger partial charge is 0.191 e. The van der Waals surface area contributed by atoms with Crippen LogP contribution >= 0.6 is 0 Å². The highest BCUT2D eigenvalue weighted by molar-refractivity contribution is 5.95. The third-order valence-electron chi connectivity index (χ3n) is 2.54. The standard InChI is InChI=1S/C14H12F2N2O/c15-11-6-10(14(17)18)7-12(16)13(11)19-8-9-4-2-1-3-5-9/h1-7H,8H2,(H3,17,18). The number of benzene rings is 2. The van der Waals surface area contributed by atoms with Crippen molar-refractivity contribution in [2.24, 2.45) is 5.73 Å². The number of rotatable bonds is 4. The van der Waals surface area contributed by atoms with Gasteiger partial charge in [-0.25, -0.2) is 8.78 Å². The molecular formula is C14H12F2N2O. The van der Waals surface area contributed by atoms with Crippen molar-refractivity contribution in [2.45, 2.75) is 6.61 Å². The summed E-state index contributed by atoms with van der Waals surface area (Å²) in [5, 5.41) is 7.14. The van der Waals surface area contributed by atoms with Gasteiger partial charge in [-0.05, 0) is 17.7 Å². The summed E-state index contributed by atoms with van der Waals surface area (Å²) in [6, 6.07) is 11.0. The molecular weight excluding hydrogens is 250 g/mol. The zero-order valence-corrected chi connectivity index (χ0v) is 9.99. The van der Waals surface area contributed by atoms with E-state index in [4.69, 9.17) is 15.9 Å². The number of hydrogen-bond donors (Lipinski definition) is 2. The molecule has 0 saturated carbocycles. The molecule has 0 bridgehead atoms. The van der Waals surface area contributed by atoms with E-state index >= 15 is 0 Å². The Kier molecular flexibility index (Phi) is 3.75. The zero-order chi connectivity index (χ0) is 13.8. The Morgan fingerprint density at radius 1 is 1.11 bits per heavy atom. The van der Waals surface area contributed by atoms with E-state index in [1.807, 2.05) is 18.2 Å². The molecule has 0 amide bonds. The van der Waals surface area contributed by atoms with Crippen LogP contribution in [0.15, 0.2) is 42.5 Å². The van der Waals surface area contributed by atoms with E-state index in [1.165, 1.54) is 0 Å². The lowest BCUT2D eigenvalue weighted by molar-refractivity contribution is 0.274. The maximum atomic E-state index is 13.7. The Balaban J connectivity index is 2.19. The molecule has 2 aromatic carbocycles. The van der Waals surface area contributed by atoms with Crippen LogP contribution in [0.3, 0.4) is 0 Å². The molecule has 0 atom stereocenters. The van der Waals surface area contributed by atoms with Gasteiger partial charge in [0, 0.05) is 5.56 Å². The first kappa shape index (κ1) is 13.0. The van der Waals surface area contributed by atoms with Crippen molar-refractivity contribution in [3.63, 3.8) is 0 Å². The Labute approximate surface area is 109 Å². The van der Waals surface area contributed by atoms with Crippen LogP contribution in [-0.2, 0) is 6.61 Å². The monoisotopic (exact) mass is 262 g/mol. The molecule has 0 fully saturated rings. The summed E-state index contributed by atoms with van der Waals surface area (Å²) in [4.78, 5) is 0. The molecule has 98 valence electrons. The van der Waals surface area contributed by atoms with Crippen LogP contribution in [0.25, 0.3) is 0 Å². The molecule has 19 heavy (non-hydrogen) atoms. The van der Waals surface area contributed by atoms with E-state index in [1.54, 1.807) is 12.1 Å². The lowest BCUT2D eigenvalue weighted by Crippen LogP contribution is -2.12. The molecule has 0 aliphatic heterocycles. The number of amidine groups is 1. The first-order chi connectivity index (χ1) is 9.08. The highest BCUT2D eigenvalue weighted by Crippen LogP contribution is 2.24. The van der Waals surface area contributed by atoms with Crippen LogP contribution in [0.2, 0.25) is 0 Å². The molecule has 0 aromatic heterocycles. The minimum absolute atomic E-state index is 0.0120. The molecule has 0 unspecified atom stereocenters. The van der Waals surface area contributed by atoms with E-state index < -0.39 is 23.2 Å². The number of halogens is 2. The largest absolute Gasteiger partial charge is 0.483 e. The van der Waals surface area contributed by atoms with Crippen molar-refractivity contribution in [1.29, 1.82) is 5.41 Å². The van der Waals surface area contributed by atoms with Crippen LogP contribution in [-0.4, -0.2) is 5.84 Å². The van der Waals surface area contributed by atoms with Crippen LogP contribution < -0.4 is 10.5 Å². The number of nitrogens with two attached hydrogens (primary N) is 1. The summed E-state index contributed by atoms with van der Waals surface area (Å²) in [5.74, 6) is -2.61. The number of ether oxygens (including phenoxy) is 1. The molecule has 0 aliphatic carbocycles. The van der Waals surface area contributed by atoms with Gasteiger partial charge in [0.25, 0.3) is 0 Å². The molecule has 2 aromatic rings. The first-order valence-corrected chi connectivity index (χ1v) is 5.58. The third-order valence-corrected chi connectivity index (χ3v) is 2.54. The Bertz CT molecular complexity index is 577. The predicted octanol–water partition coefficient (Wildman–Crippen LogP) is 2.83. The molecule has 0 heterocycles. The van der Waals surface area contributed by atoms with Gasteiger partial charge >= 0.3 is 0 Å². The fourth-order valence-corrected chi connectivity index (χ4v) is 1.58. The lowest BCUT2D eigenvalue weighted by Gasteiger charge is -2.09. The lowest BCUT2D eigenvalue weighted by atomic mass is 10.2. The summed E-state index contributed by atoms with van der Waals surface area (Å²) in [6.45, 7) is 0.0636. The molecule has 0 saturated heterocycles. The van der Waals surface area contributed by atoms with Gasteiger partial charge in [-0.2, -0.15) is 0 Å². The Morgan fingerprint density at radius 2 is 1.68 bits per heavy atom. The SMILES string of the molecule is N=C(N)c1cc(F)c(OCc2ccccc2)c(F)c1. The van der Waals surface area contributed by atoms with Crippen molar-refractivity contribution >= 4 is 5.84 Å². The maximum Gasteiger partial charge on any atom is 0.191 e. The van der Waals surface area contributed by atoms with E-state index in [0.717, 1.165) is 17.7 Å². The topological polar surface area (TPSA) is 59.1 Å². The fourth-order valence-electron chi connectivity index (χ4n) is 1.58. The van der Waals surface area contributed by atoms with Gasteiger partial charge in [-0.3, -0.25) is 5.41 Å². The molecule has 3 N–H and O–H groups in total. The summed E-state index contributed by atoms with van der Waals surface area (Å²) in [6.07, 6.45) is 0. The van der Waals surface area contributed by atoms with E-state index in [0.29, 0.717) is 0 Å². The van der Waals surface area contributed by atoms with Gasteiger partial charge in [0.1, 0.15) is 12.4 Å². The van der Waals surface area contributed by atoms with Gasteiger partial charge in [-0.15, -0.1) is 0 Å². The van der Waals surface area contributed by atoms with Crippen molar-refractivity contribution in [2.75, 3.05) is 0 Å². The van der Waals surface area contributed by atoms with Crippen molar-refractivity contribution in [3.8, 4) is 5.75 Å². The van der Waals surface area contributed by atoms with Crippen LogP contribution in [0.5, 0.6) is 5.75 Å². The quantitative estimate of drug-likeness (QED) is 0.657. The van der Waals surface area contributed by atoms with Gasteiger partial charge in [0.15, 0.2) is 17.4 Å². The molecule has 0 spiro atoms. The second kappa shape index (κ2) is 5.48. The normalized spacial score (nSPS) is 10.2. The predicted molar refractivity (Wildman–Crippen MR) is 68.1 cm³/mol. The van der Waals surface area contributed by atoms with E-state index in [9.17, 15) is 8.78 Å². The number of nitrogen functional groups attached to an aromatic ring is 1. The van der Waals surface area contributed by atoms with Crippen molar-refractivity contribution in [3.05, 3.63) is 65.2 Å². The number of hydrogen-bond acceptors (Lipinski definition) is 2. The zero-order valence-electron chi connectivity index (χ0n) is 9.99. The van der Waals surface area contributed by atoms with Gasteiger partial charge in [0.2, 0.25) is 0 Å². The second-order valence-electron chi connectivity index (χ2n) is 3.96. The van der Waals surface area contributed by atoms with Crippen LogP contribution in [0.1, 0.15) is 11.1 Å². The summed E-state index contributed by atoms with van der Waals surface area (Å²) < 4.78 is 32.4. The minimum atomic E-state index is -0.874. The van der Waals surface area contributed by atoms with Crippen LogP contribution in [0.4, 0.5) is 8.78 Å². The maximum absolute atomic E-state index is 13.7. The van der Waals surface area contributed by atoms with Gasteiger partial charge in [-0.1, -0.05) is 30.3 Å². The summed E-state index contributed by atoms with van der Waals surface area (Å²) in [5.41, 5.74) is 5.97. The van der Waals surface area contributed by atoms with Crippen molar-refractivity contribution in [1.82, 2.24) is 0 Å². The van der Waals surface area contributed by atoms with Crippen LogP contribution in [0, 0.1) is 17.0 Å². The van der Waals surface area contributed by atoms with E-state index in [2.05, 4.69) is 0 Å². The van der Waals surface area contributed by atoms with Crippen molar-refractivity contribution < 1.29 is 13.5 Å². The molecule has 5 heteroatoms.